The van der Waals surface area contributed by atoms with Gasteiger partial charge in [-0.2, -0.15) is 5.10 Å². The third-order valence-corrected chi connectivity index (χ3v) is 5.48. The fourth-order valence-corrected chi connectivity index (χ4v) is 3.90. The number of amides is 1. The van der Waals surface area contributed by atoms with E-state index in [1.807, 2.05) is 23.1 Å². The largest absolute Gasteiger partial charge is 0.339 e. The molecule has 146 valence electrons. The van der Waals surface area contributed by atoms with E-state index in [0.29, 0.717) is 16.6 Å². The van der Waals surface area contributed by atoms with Crippen molar-refractivity contribution >= 4 is 22.5 Å². The Hall–Kier alpha value is -3.55. The van der Waals surface area contributed by atoms with Gasteiger partial charge < -0.3 is 9.47 Å². The number of aromatic nitrogens is 5. The summed E-state index contributed by atoms with van der Waals surface area (Å²) < 4.78 is 3.17. The molecule has 4 aromatic rings. The van der Waals surface area contributed by atoms with E-state index in [0.717, 1.165) is 42.7 Å². The standard InChI is InChI=1S/C21H20N6O2/c1-25-13-23-19-15(20(25)28)10-14(11-22-19)17-6-5-7-18-16(12-24-27(17)18)21(29)26-8-3-2-4-9-26/h5-7,10-13H,2-4,8-9H2,1H3. The van der Waals surface area contributed by atoms with E-state index in [1.165, 1.54) is 17.3 Å². The number of hydrogen-bond donors (Lipinski definition) is 0. The molecular formula is C21H20N6O2. The molecule has 29 heavy (non-hydrogen) atoms. The van der Waals surface area contributed by atoms with Crippen LogP contribution in [-0.4, -0.2) is 48.0 Å². The molecular weight excluding hydrogens is 368 g/mol. The second kappa shape index (κ2) is 6.80. The molecule has 1 saturated heterocycles. The fraction of sp³-hybridized carbons (Fsp3) is 0.286. The Kier molecular flexibility index (Phi) is 4.12. The molecule has 0 aromatic carbocycles. The highest BCUT2D eigenvalue weighted by molar-refractivity contribution is 6.01. The van der Waals surface area contributed by atoms with E-state index < -0.39 is 0 Å². The molecule has 5 heterocycles. The molecule has 0 N–H and O–H groups in total. The van der Waals surface area contributed by atoms with Gasteiger partial charge in [0.25, 0.3) is 11.5 Å². The summed E-state index contributed by atoms with van der Waals surface area (Å²) in [5.41, 5.74) is 3.11. The van der Waals surface area contributed by atoms with Gasteiger partial charge in [-0.15, -0.1) is 0 Å². The van der Waals surface area contributed by atoms with Crippen LogP contribution in [0, 0.1) is 0 Å². The Bertz CT molecular complexity index is 1300. The van der Waals surface area contributed by atoms with Gasteiger partial charge in [0.15, 0.2) is 5.65 Å². The molecule has 0 unspecified atom stereocenters. The molecule has 8 nitrogen and oxygen atoms in total. The minimum absolute atomic E-state index is 0.0200. The van der Waals surface area contributed by atoms with E-state index in [1.54, 1.807) is 30.0 Å². The monoisotopic (exact) mass is 388 g/mol. The van der Waals surface area contributed by atoms with Crippen molar-refractivity contribution in [3.63, 3.8) is 0 Å². The molecule has 8 heteroatoms. The van der Waals surface area contributed by atoms with Gasteiger partial charge in [0, 0.05) is 31.9 Å². The molecule has 0 saturated carbocycles. The number of rotatable bonds is 2. The van der Waals surface area contributed by atoms with Gasteiger partial charge >= 0.3 is 0 Å². The first-order valence-electron chi connectivity index (χ1n) is 9.71. The summed E-state index contributed by atoms with van der Waals surface area (Å²) in [5, 5.41) is 4.92. The molecule has 1 aliphatic rings. The molecule has 0 bridgehead atoms. The first kappa shape index (κ1) is 17.5. The number of piperidine rings is 1. The van der Waals surface area contributed by atoms with Crippen LogP contribution in [-0.2, 0) is 7.05 Å². The first-order valence-corrected chi connectivity index (χ1v) is 9.71. The molecule has 0 radical (unpaired) electrons. The lowest BCUT2D eigenvalue weighted by atomic mass is 10.1. The lowest BCUT2D eigenvalue weighted by molar-refractivity contribution is 0.0726. The van der Waals surface area contributed by atoms with E-state index in [4.69, 9.17) is 0 Å². The van der Waals surface area contributed by atoms with Crippen LogP contribution >= 0.6 is 0 Å². The predicted molar refractivity (Wildman–Crippen MR) is 109 cm³/mol. The van der Waals surface area contributed by atoms with E-state index >= 15 is 0 Å². The van der Waals surface area contributed by atoms with Crippen molar-refractivity contribution in [2.45, 2.75) is 19.3 Å². The summed E-state index contributed by atoms with van der Waals surface area (Å²) in [5.74, 6) is 0.0200. The van der Waals surface area contributed by atoms with Crippen molar-refractivity contribution in [1.29, 1.82) is 0 Å². The van der Waals surface area contributed by atoms with Crippen molar-refractivity contribution in [2.75, 3.05) is 13.1 Å². The summed E-state index contributed by atoms with van der Waals surface area (Å²) in [6, 6.07) is 7.46. The second-order valence-electron chi connectivity index (χ2n) is 7.37. The fourth-order valence-electron chi connectivity index (χ4n) is 3.90. The van der Waals surface area contributed by atoms with Crippen molar-refractivity contribution in [3.8, 4) is 11.3 Å². The van der Waals surface area contributed by atoms with Crippen LogP contribution in [0.1, 0.15) is 29.6 Å². The van der Waals surface area contributed by atoms with Gasteiger partial charge in [-0.25, -0.2) is 14.5 Å². The first-order chi connectivity index (χ1) is 14.1. The Labute approximate surface area is 166 Å². The van der Waals surface area contributed by atoms with Crippen LogP contribution in [0.5, 0.6) is 0 Å². The third kappa shape index (κ3) is 2.88. The van der Waals surface area contributed by atoms with Crippen LogP contribution in [0.3, 0.4) is 0 Å². The normalized spacial score (nSPS) is 14.6. The second-order valence-corrected chi connectivity index (χ2v) is 7.37. The topological polar surface area (TPSA) is 85.4 Å². The van der Waals surface area contributed by atoms with Crippen LogP contribution in [0.2, 0.25) is 0 Å². The highest BCUT2D eigenvalue weighted by atomic mass is 16.2. The van der Waals surface area contributed by atoms with Crippen molar-refractivity contribution in [1.82, 2.24) is 29.0 Å². The van der Waals surface area contributed by atoms with Crippen LogP contribution in [0.4, 0.5) is 0 Å². The van der Waals surface area contributed by atoms with Crippen molar-refractivity contribution < 1.29 is 4.79 Å². The molecule has 0 aliphatic carbocycles. The van der Waals surface area contributed by atoms with Gasteiger partial charge in [0.1, 0.15) is 0 Å². The maximum absolute atomic E-state index is 13.0. The van der Waals surface area contributed by atoms with Gasteiger partial charge in [0.05, 0.1) is 34.7 Å². The maximum Gasteiger partial charge on any atom is 0.262 e. The zero-order valence-corrected chi connectivity index (χ0v) is 16.1. The van der Waals surface area contributed by atoms with Gasteiger partial charge in [-0.05, 0) is 37.5 Å². The van der Waals surface area contributed by atoms with Crippen molar-refractivity contribution in [3.05, 3.63) is 58.9 Å². The molecule has 1 aliphatic heterocycles. The maximum atomic E-state index is 13.0. The number of pyridine rings is 2. The summed E-state index contributed by atoms with van der Waals surface area (Å²) in [6.45, 7) is 1.58. The van der Waals surface area contributed by atoms with E-state index in [9.17, 15) is 9.59 Å². The summed E-state index contributed by atoms with van der Waals surface area (Å²) in [4.78, 5) is 35.9. The van der Waals surface area contributed by atoms with Crippen LogP contribution in [0.15, 0.2) is 47.8 Å². The SMILES string of the molecule is Cn1cnc2ncc(-c3cccc4c(C(=O)N5CCCCC5)cnn34)cc2c1=O. The average molecular weight is 388 g/mol. The highest BCUT2D eigenvalue weighted by Gasteiger charge is 2.22. The van der Waals surface area contributed by atoms with Gasteiger partial charge in [-0.3, -0.25) is 9.59 Å². The summed E-state index contributed by atoms with van der Waals surface area (Å²) in [7, 11) is 1.66. The predicted octanol–water partition coefficient (Wildman–Crippen LogP) is 2.27. The number of likely N-dealkylation sites (tertiary alicyclic amines) is 1. The smallest absolute Gasteiger partial charge is 0.262 e. The molecule has 0 atom stereocenters. The van der Waals surface area contributed by atoms with E-state index in [-0.39, 0.29) is 11.5 Å². The zero-order chi connectivity index (χ0) is 20.0. The lowest BCUT2D eigenvalue weighted by Crippen LogP contribution is -2.35. The van der Waals surface area contributed by atoms with Gasteiger partial charge in [-0.1, -0.05) is 6.07 Å². The lowest BCUT2D eigenvalue weighted by Gasteiger charge is -2.26. The molecule has 0 spiro atoms. The molecule has 1 amide bonds. The average Bonchev–Trinajstić information content (AvgIpc) is 3.20. The Morgan fingerprint density at radius 2 is 1.90 bits per heavy atom. The van der Waals surface area contributed by atoms with Gasteiger partial charge in [0.2, 0.25) is 0 Å². The molecule has 4 aromatic heterocycles. The van der Waals surface area contributed by atoms with Crippen LogP contribution in [0.25, 0.3) is 27.8 Å². The minimum atomic E-state index is -0.155. The summed E-state index contributed by atoms with van der Waals surface area (Å²) >= 11 is 0. The Morgan fingerprint density at radius 3 is 2.72 bits per heavy atom. The molecule has 5 rings (SSSR count). The Balaban J connectivity index is 1.62. The highest BCUT2D eigenvalue weighted by Crippen LogP contribution is 2.24. The zero-order valence-electron chi connectivity index (χ0n) is 16.1. The molecule has 1 fully saturated rings. The number of fused-ring (bicyclic) bond motifs is 2. The third-order valence-electron chi connectivity index (χ3n) is 5.48. The summed E-state index contributed by atoms with van der Waals surface area (Å²) in [6.07, 6.45) is 8.03. The number of carbonyl (C=O) groups is 1. The number of nitrogens with zero attached hydrogens (tertiary/aromatic N) is 6. The number of aryl methyl sites for hydroxylation is 1. The minimum Gasteiger partial charge on any atom is -0.339 e. The van der Waals surface area contributed by atoms with Crippen molar-refractivity contribution in [2.24, 2.45) is 7.05 Å². The quantitative estimate of drug-likeness (QED) is 0.526. The van der Waals surface area contributed by atoms with Crippen LogP contribution < -0.4 is 5.56 Å². The van der Waals surface area contributed by atoms with E-state index in [2.05, 4.69) is 15.1 Å². The Morgan fingerprint density at radius 1 is 1.07 bits per heavy atom. The number of hydrogen-bond acceptors (Lipinski definition) is 5. The number of carbonyl (C=O) groups excluding carboxylic acids is 1.